The molecule has 1 aromatic heterocycles. The van der Waals surface area contributed by atoms with Crippen LogP contribution in [0.5, 0.6) is 0 Å². The van der Waals surface area contributed by atoms with E-state index in [1.165, 1.54) is 12.0 Å². The van der Waals surface area contributed by atoms with E-state index in [9.17, 15) is 0 Å². The highest BCUT2D eigenvalue weighted by atomic mass is 16.5. The number of hydrogen-bond donors (Lipinski definition) is 1. The first-order valence-corrected chi connectivity index (χ1v) is 7.04. The van der Waals surface area contributed by atoms with Crippen molar-refractivity contribution in [1.82, 2.24) is 10.3 Å². The van der Waals surface area contributed by atoms with Crippen LogP contribution in [0.15, 0.2) is 18.3 Å². The van der Waals surface area contributed by atoms with Crippen molar-refractivity contribution in [3.05, 3.63) is 29.6 Å². The van der Waals surface area contributed by atoms with E-state index >= 15 is 0 Å². The lowest BCUT2D eigenvalue weighted by Gasteiger charge is -2.28. The van der Waals surface area contributed by atoms with Gasteiger partial charge in [-0.3, -0.25) is 4.98 Å². The van der Waals surface area contributed by atoms with Crippen molar-refractivity contribution in [3.8, 4) is 0 Å². The fraction of sp³-hybridized carbons (Fsp3) is 0.667. The molecular weight excluding hydrogens is 240 g/mol. The van der Waals surface area contributed by atoms with Gasteiger partial charge < -0.3 is 14.8 Å². The molecule has 0 spiro atoms. The van der Waals surface area contributed by atoms with Gasteiger partial charge in [-0.15, -0.1) is 0 Å². The lowest BCUT2D eigenvalue weighted by atomic mass is 9.95. The van der Waals surface area contributed by atoms with Crippen LogP contribution in [0.1, 0.15) is 36.9 Å². The summed E-state index contributed by atoms with van der Waals surface area (Å²) in [4.78, 5) is 4.42. The van der Waals surface area contributed by atoms with E-state index in [1.807, 2.05) is 19.3 Å². The highest BCUT2D eigenvalue weighted by Crippen LogP contribution is 2.23. The lowest BCUT2D eigenvalue weighted by molar-refractivity contribution is -0.0372. The van der Waals surface area contributed by atoms with Crippen molar-refractivity contribution in [2.45, 2.75) is 51.0 Å². The smallest absolute Gasteiger partial charge is 0.0891 e. The molecule has 1 heterocycles. The molecule has 0 aromatic carbocycles. The van der Waals surface area contributed by atoms with Crippen molar-refractivity contribution in [2.75, 3.05) is 14.2 Å². The number of rotatable bonds is 6. The molecule has 1 N–H and O–H groups in total. The molecule has 2 rings (SSSR count). The molecule has 2 atom stereocenters. The minimum absolute atomic E-state index is 0.317. The molecule has 0 saturated heterocycles. The van der Waals surface area contributed by atoms with Gasteiger partial charge in [-0.25, -0.2) is 0 Å². The van der Waals surface area contributed by atoms with Crippen molar-refractivity contribution >= 4 is 0 Å². The largest absolute Gasteiger partial charge is 0.381 e. The van der Waals surface area contributed by atoms with Crippen LogP contribution in [0.4, 0.5) is 0 Å². The average Bonchev–Trinajstić information content (AvgIpc) is 2.47. The van der Waals surface area contributed by atoms with E-state index in [4.69, 9.17) is 9.47 Å². The molecule has 1 aliphatic carbocycles. The second-order valence-electron chi connectivity index (χ2n) is 5.15. The topological polar surface area (TPSA) is 43.4 Å². The maximum Gasteiger partial charge on any atom is 0.0891 e. The molecule has 4 heteroatoms. The molecule has 19 heavy (non-hydrogen) atoms. The third-order valence-electron chi connectivity index (χ3n) is 3.65. The van der Waals surface area contributed by atoms with Crippen LogP contribution in [0.3, 0.4) is 0 Å². The average molecular weight is 264 g/mol. The molecule has 1 aromatic rings. The van der Waals surface area contributed by atoms with E-state index in [-0.39, 0.29) is 0 Å². The van der Waals surface area contributed by atoms with E-state index < -0.39 is 0 Å². The number of pyridine rings is 1. The van der Waals surface area contributed by atoms with Gasteiger partial charge in [0.15, 0.2) is 0 Å². The summed E-state index contributed by atoms with van der Waals surface area (Å²) in [5.41, 5.74) is 2.20. The van der Waals surface area contributed by atoms with Gasteiger partial charge >= 0.3 is 0 Å². The summed E-state index contributed by atoms with van der Waals surface area (Å²) in [5, 5.41) is 3.11. The van der Waals surface area contributed by atoms with E-state index in [1.54, 1.807) is 7.11 Å². The van der Waals surface area contributed by atoms with Crippen LogP contribution < -0.4 is 5.32 Å². The third-order valence-corrected chi connectivity index (χ3v) is 3.65. The number of ether oxygens (including phenoxy) is 2. The third kappa shape index (κ3) is 4.56. The quantitative estimate of drug-likeness (QED) is 0.856. The maximum atomic E-state index is 5.94. The second-order valence-corrected chi connectivity index (χ2v) is 5.15. The predicted octanol–water partition coefficient (Wildman–Crippen LogP) is 2.28. The van der Waals surface area contributed by atoms with Crippen LogP contribution in [0.25, 0.3) is 0 Å². The summed E-state index contributed by atoms with van der Waals surface area (Å²) < 4.78 is 11.4. The molecular formula is C15H24N2O2. The van der Waals surface area contributed by atoms with E-state index in [2.05, 4.69) is 16.4 Å². The Labute approximate surface area is 115 Å². The lowest BCUT2D eigenvalue weighted by Crippen LogP contribution is -2.27. The molecule has 106 valence electrons. The van der Waals surface area contributed by atoms with Gasteiger partial charge in [-0.2, -0.15) is 0 Å². The van der Waals surface area contributed by atoms with Gasteiger partial charge in [-0.1, -0.05) is 6.07 Å². The molecule has 2 unspecified atom stereocenters. The van der Waals surface area contributed by atoms with Gasteiger partial charge in [0.2, 0.25) is 0 Å². The number of nitrogens with zero attached hydrogens (tertiary/aromatic N) is 1. The Hall–Kier alpha value is -0.970. The van der Waals surface area contributed by atoms with Crippen LogP contribution in [-0.2, 0) is 22.6 Å². The standard InChI is InChI=1S/C15H24N2O2/c1-16-9-12-6-7-13(17-10-12)11-19-15-5-3-4-14(8-15)18-2/h6-7,10,14-16H,3-5,8-9,11H2,1-2H3. The Bertz CT molecular complexity index is 367. The minimum atomic E-state index is 0.317. The Kier molecular flexibility index (Phi) is 5.76. The summed E-state index contributed by atoms with van der Waals surface area (Å²) in [6, 6.07) is 4.14. The van der Waals surface area contributed by atoms with Gasteiger partial charge in [0, 0.05) is 19.9 Å². The molecule has 0 aliphatic heterocycles. The van der Waals surface area contributed by atoms with Crippen LogP contribution >= 0.6 is 0 Å². The summed E-state index contributed by atoms with van der Waals surface area (Å²) in [5.74, 6) is 0. The maximum absolute atomic E-state index is 5.94. The molecule has 0 radical (unpaired) electrons. The highest BCUT2D eigenvalue weighted by Gasteiger charge is 2.22. The predicted molar refractivity (Wildman–Crippen MR) is 74.8 cm³/mol. The number of hydrogen-bond acceptors (Lipinski definition) is 4. The normalized spacial score (nSPS) is 23.5. The Morgan fingerprint density at radius 1 is 1.32 bits per heavy atom. The van der Waals surface area contributed by atoms with E-state index in [0.717, 1.165) is 31.5 Å². The van der Waals surface area contributed by atoms with Crippen molar-refractivity contribution < 1.29 is 9.47 Å². The fourth-order valence-electron chi connectivity index (χ4n) is 2.52. The first kappa shape index (κ1) is 14.4. The second kappa shape index (κ2) is 7.58. The fourth-order valence-corrected chi connectivity index (χ4v) is 2.52. The first-order chi connectivity index (χ1) is 9.31. The zero-order chi connectivity index (χ0) is 13.5. The molecule has 1 saturated carbocycles. The highest BCUT2D eigenvalue weighted by molar-refractivity contribution is 5.13. The number of methoxy groups -OCH3 is 1. The SMILES string of the molecule is CNCc1ccc(COC2CCCC(OC)C2)nc1. The van der Waals surface area contributed by atoms with Crippen molar-refractivity contribution in [3.63, 3.8) is 0 Å². The molecule has 0 amide bonds. The Morgan fingerprint density at radius 2 is 2.16 bits per heavy atom. The zero-order valence-corrected chi connectivity index (χ0v) is 11.9. The van der Waals surface area contributed by atoms with Gasteiger partial charge in [0.1, 0.15) is 0 Å². The minimum Gasteiger partial charge on any atom is -0.381 e. The van der Waals surface area contributed by atoms with Crippen LogP contribution in [-0.4, -0.2) is 31.3 Å². The van der Waals surface area contributed by atoms with Crippen LogP contribution in [0, 0.1) is 0 Å². The summed E-state index contributed by atoms with van der Waals surface area (Å²) in [6.07, 6.45) is 7.09. The summed E-state index contributed by atoms with van der Waals surface area (Å²) in [7, 11) is 3.72. The first-order valence-electron chi connectivity index (χ1n) is 7.04. The monoisotopic (exact) mass is 264 g/mol. The van der Waals surface area contributed by atoms with Gasteiger partial charge in [0.25, 0.3) is 0 Å². The molecule has 0 bridgehead atoms. The van der Waals surface area contributed by atoms with Gasteiger partial charge in [0.05, 0.1) is 24.5 Å². The number of nitrogens with one attached hydrogen (secondary N) is 1. The molecule has 1 aliphatic rings. The van der Waals surface area contributed by atoms with Crippen LogP contribution in [0.2, 0.25) is 0 Å². The summed E-state index contributed by atoms with van der Waals surface area (Å²) in [6.45, 7) is 1.45. The van der Waals surface area contributed by atoms with Gasteiger partial charge in [-0.05, 0) is 44.4 Å². The molecule has 4 nitrogen and oxygen atoms in total. The summed E-state index contributed by atoms with van der Waals surface area (Å²) >= 11 is 0. The van der Waals surface area contributed by atoms with Crippen molar-refractivity contribution in [1.29, 1.82) is 0 Å². The zero-order valence-electron chi connectivity index (χ0n) is 11.9. The Morgan fingerprint density at radius 3 is 2.84 bits per heavy atom. The van der Waals surface area contributed by atoms with E-state index in [0.29, 0.717) is 18.8 Å². The molecule has 1 fully saturated rings. The van der Waals surface area contributed by atoms with Crippen molar-refractivity contribution in [2.24, 2.45) is 0 Å². The Balaban J connectivity index is 1.78. The number of aromatic nitrogens is 1.